The summed E-state index contributed by atoms with van der Waals surface area (Å²) in [6, 6.07) is 2.06. The van der Waals surface area contributed by atoms with Crippen LogP contribution in [0.5, 0.6) is 0 Å². The van der Waals surface area contributed by atoms with Gasteiger partial charge in [-0.05, 0) is 37.0 Å². The van der Waals surface area contributed by atoms with Crippen LogP contribution in [0.15, 0.2) is 24.3 Å². The van der Waals surface area contributed by atoms with Gasteiger partial charge in [0.05, 0.1) is 11.1 Å². The fourth-order valence-corrected chi connectivity index (χ4v) is 3.48. The molecule has 23 heavy (non-hydrogen) atoms. The molecular formula is C16H15F6N. The topological polar surface area (TPSA) is 12.0 Å². The molecule has 2 bridgehead atoms. The molecule has 2 heterocycles. The quantitative estimate of drug-likeness (QED) is 0.711. The maximum atomic E-state index is 13.3. The highest BCUT2D eigenvalue weighted by Crippen LogP contribution is 2.44. The smallest absolute Gasteiger partial charge is 0.307 e. The van der Waals surface area contributed by atoms with E-state index in [2.05, 4.69) is 5.32 Å². The summed E-state index contributed by atoms with van der Waals surface area (Å²) in [4.78, 5) is 0. The highest BCUT2D eigenvalue weighted by atomic mass is 19.4. The van der Waals surface area contributed by atoms with Crippen molar-refractivity contribution < 1.29 is 26.3 Å². The van der Waals surface area contributed by atoms with E-state index in [9.17, 15) is 26.3 Å². The Morgan fingerprint density at radius 3 is 2.04 bits per heavy atom. The lowest BCUT2D eigenvalue weighted by molar-refractivity contribution is -0.143. The van der Waals surface area contributed by atoms with Crippen molar-refractivity contribution in [2.24, 2.45) is 0 Å². The number of rotatable bonds is 1. The van der Waals surface area contributed by atoms with Crippen molar-refractivity contribution in [2.45, 2.75) is 50.1 Å². The summed E-state index contributed by atoms with van der Waals surface area (Å²) in [5.41, 5.74) is -2.97. The van der Waals surface area contributed by atoms with Gasteiger partial charge in [-0.1, -0.05) is 18.6 Å². The largest absolute Gasteiger partial charge is 0.417 e. The molecule has 3 rings (SSSR count). The van der Waals surface area contributed by atoms with Gasteiger partial charge in [-0.3, -0.25) is 0 Å². The molecule has 7 heteroatoms. The molecule has 0 radical (unpaired) electrons. The maximum absolute atomic E-state index is 13.3. The number of alkyl halides is 6. The molecule has 1 aromatic rings. The first kappa shape index (κ1) is 16.4. The molecule has 1 fully saturated rings. The molecule has 1 aromatic carbocycles. The summed E-state index contributed by atoms with van der Waals surface area (Å²) in [6.45, 7) is 0. The molecule has 126 valence electrons. The van der Waals surface area contributed by atoms with Crippen molar-refractivity contribution in [2.75, 3.05) is 0 Å². The summed E-state index contributed by atoms with van der Waals surface area (Å²) in [7, 11) is 0. The monoisotopic (exact) mass is 335 g/mol. The van der Waals surface area contributed by atoms with E-state index in [0.717, 1.165) is 37.5 Å². The van der Waals surface area contributed by atoms with Gasteiger partial charge in [-0.25, -0.2) is 0 Å². The molecule has 0 amide bonds. The third kappa shape index (κ3) is 3.24. The highest BCUT2D eigenvalue weighted by Gasteiger charge is 2.42. The van der Waals surface area contributed by atoms with E-state index in [1.807, 2.05) is 0 Å². The zero-order chi connectivity index (χ0) is 16.8. The molecule has 1 saturated heterocycles. The van der Waals surface area contributed by atoms with Crippen molar-refractivity contribution in [1.82, 2.24) is 5.32 Å². The summed E-state index contributed by atoms with van der Waals surface area (Å²) in [5.74, 6) is 0. The minimum atomic E-state index is -4.82. The number of halogens is 6. The van der Waals surface area contributed by atoms with E-state index in [0.29, 0.717) is 0 Å². The number of hydrogen-bond donors (Lipinski definition) is 1. The SMILES string of the molecule is FC(F)(F)c1cccc(C(F)(F)F)c1C1=CC2CCCC(C1)N2. The van der Waals surface area contributed by atoms with Crippen LogP contribution in [0.4, 0.5) is 26.3 Å². The lowest BCUT2D eigenvalue weighted by atomic mass is 9.82. The lowest BCUT2D eigenvalue weighted by Gasteiger charge is -2.36. The van der Waals surface area contributed by atoms with Crippen molar-refractivity contribution in [3.8, 4) is 0 Å². The minimum absolute atomic E-state index is 0.0591. The average Bonchev–Trinajstić information content (AvgIpc) is 2.44. The summed E-state index contributed by atoms with van der Waals surface area (Å²) < 4.78 is 79.5. The van der Waals surface area contributed by atoms with Gasteiger partial charge in [0.2, 0.25) is 0 Å². The average molecular weight is 335 g/mol. The van der Waals surface area contributed by atoms with E-state index < -0.39 is 29.0 Å². The van der Waals surface area contributed by atoms with Crippen LogP contribution in [0, 0.1) is 0 Å². The molecular weight excluding hydrogens is 320 g/mol. The molecule has 1 nitrogen and oxygen atoms in total. The molecule has 0 aliphatic carbocycles. The van der Waals surface area contributed by atoms with Crippen LogP contribution < -0.4 is 5.32 Å². The number of nitrogens with one attached hydrogen (secondary N) is 1. The Bertz CT molecular complexity index is 596. The van der Waals surface area contributed by atoms with Crippen molar-refractivity contribution in [3.05, 3.63) is 41.0 Å². The van der Waals surface area contributed by atoms with Crippen LogP contribution in [-0.2, 0) is 12.4 Å². The van der Waals surface area contributed by atoms with Gasteiger partial charge >= 0.3 is 12.4 Å². The number of piperidine rings is 1. The Morgan fingerprint density at radius 1 is 0.913 bits per heavy atom. The summed E-state index contributed by atoms with van der Waals surface area (Å²) in [6.07, 6.45) is -5.49. The second-order valence-corrected chi connectivity index (χ2v) is 6.02. The first-order valence-electron chi connectivity index (χ1n) is 7.41. The van der Waals surface area contributed by atoms with E-state index in [-0.39, 0.29) is 24.1 Å². The van der Waals surface area contributed by atoms with Crippen molar-refractivity contribution in [1.29, 1.82) is 0 Å². The van der Waals surface area contributed by atoms with Gasteiger partial charge in [0.25, 0.3) is 0 Å². The first-order chi connectivity index (χ1) is 10.7. The van der Waals surface area contributed by atoms with Gasteiger partial charge in [0, 0.05) is 17.6 Å². The predicted octanol–water partition coefficient (Wildman–Crippen LogP) is 5.02. The minimum Gasteiger partial charge on any atom is -0.307 e. The van der Waals surface area contributed by atoms with Gasteiger partial charge in [-0.2, -0.15) is 26.3 Å². The Balaban J connectivity index is 2.18. The zero-order valence-electron chi connectivity index (χ0n) is 12.1. The van der Waals surface area contributed by atoms with Crippen LogP contribution in [0.2, 0.25) is 0 Å². The summed E-state index contributed by atoms with van der Waals surface area (Å²) >= 11 is 0. The third-order valence-electron chi connectivity index (χ3n) is 4.38. The number of fused-ring (bicyclic) bond motifs is 2. The fourth-order valence-electron chi connectivity index (χ4n) is 3.48. The van der Waals surface area contributed by atoms with Gasteiger partial charge in [-0.15, -0.1) is 0 Å². The maximum Gasteiger partial charge on any atom is 0.417 e. The molecule has 0 aromatic heterocycles. The lowest BCUT2D eigenvalue weighted by Crippen LogP contribution is -2.44. The molecule has 2 aliphatic rings. The zero-order valence-corrected chi connectivity index (χ0v) is 12.1. The first-order valence-corrected chi connectivity index (χ1v) is 7.41. The Hall–Kier alpha value is -1.50. The van der Waals surface area contributed by atoms with Crippen molar-refractivity contribution in [3.63, 3.8) is 0 Å². The molecule has 1 N–H and O–H groups in total. The summed E-state index contributed by atoms with van der Waals surface area (Å²) in [5, 5.41) is 3.23. The van der Waals surface area contributed by atoms with Gasteiger partial charge in [0.1, 0.15) is 0 Å². The van der Waals surface area contributed by atoms with Crippen LogP contribution in [-0.4, -0.2) is 12.1 Å². The Labute approximate surface area is 129 Å². The van der Waals surface area contributed by atoms with Crippen LogP contribution in [0.3, 0.4) is 0 Å². The normalized spacial score (nSPS) is 25.2. The van der Waals surface area contributed by atoms with Crippen LogP contribution in [0.1, 0.15) is 42.4 Å². The number of hydrogen-bond acceptors (Lipinski definition) is 1. The highest BCUT2D eigenvalue weighted by molar-refractivity contribution is 5.74. The van der Waals surface area contributed by atoms with E-state index in [1.54, 1.807) is 0 Å². The van der Waals surface area contributed by atoms with E-state index >= 15 is 0 Å². The standard InChI is InChI=1S/C16H15F6N/c17-15(18,19)12-5-2-6-13(16(20,21)22)14(12)9-7-10-3-1-4-11(8-9)23-10/h2,5-7,10-11,23H,1,3-4,8H2. The van der Waals surface area contributed by atoms with Crippen LogP contribution in [0.25, 0.3) is 5.57 Å². The Morgan fingerprint density at radius 2 is 1.52 bits per heavy atom. The van der Waals surface area contributed by atoms with E-state index in [1.165, 1.54) is 6.08 Å². The molecule has 0 spiro atoms. The second kappa shape index (κ2) is 5.54. The van der Waals surface area contributed by atoms with Gasteiger partial charge < -0.3 is 5.32 Å². The number of benzene rings is 1. The third-order valence-corrected chi connectivity index (χ3v) is 4.38. The molecule has 0 saturated carbocycles. The second-order valence-electron chi connectivity index (χ2n) is 6.02. The Kier molecular flexibility index (Phi) is 3.94. The van der Waals surface area contributed by atoms with E-state index in [4.69, 9.17) is 0 Å². The predicted molar refractivity (Wildman–Crippen MR) is 73.6 cm³/mol. The van der Waals surface area contributed by atoms with Crippen LogP contribution >= 0.6 is 0 Å². The molecule has 2 atom stereocenters. The van der Waals surface area contributed by atoms with Gasteiger partial charge in [0.15, 0.2) is 0 Å². The fraction of sp³-hybridized carbons (Fsp3) is 0.500. The molecule has 2 unspecified atom stereocenters. The van der Waals surface area contributed by atoms with Crippen molar-refractivity contribution >= 4 is 5.57 Å². The molecule has 2 aliphatic heterocycles.